The number of carbonyl (C=O) groups excluding carboxylic acids is 3. The topological polar surface area (TPSA) is 127 Å². The summed E-state index contributed by atoms with van der Waals surface area (Å²) in [5.74, 6) is -2.08. The van der Waals surface area contributed by atoms with Gasteiger partial charge in [0.1, 0.15) is 28.3 Å². The molecule has 1 saturated carbocycles. The van der Waals surface area contributed by atoms with Crippen LogP contribution in [0.2, 0.25) is 28.2 Å². The third-order valence-electron chi connectivity index (χ3n) is 11.5. The van der Waals surface area contributed by atoms with Crippen molar-refractivity contribution in [2.75, 3.05) is 5.32 Å². The minimum atomic E-state index is -2.47. The van der Waals surface area contributed by atoms with Gasteiger partial charge >= 0.3 is 0 Å². The molecule has 13 heteroatoms. The van der Waals surface area contributed by atoms with Crippen LogP contribution in [-0.4, -0.2) is 70.2 Å². The molecule has 0 radical (unpaired) electrons. The summed E-state index contributed by atoms with van der Waals surface area (Å²) in [6, 6.07) is 0. The maximum atomic E-state index is 13.9. The summed E-state index contributed by atoms with van der Waals surface area (Å²) in [6.07, 6.45) is 2.63. The lowest BCUT2D eigenvalue weighted by molar-refractivity contribution is -0.296. The minimum absolute atomic E-state index is 0.0285. The molecular weight excluding hydrogens is 739 g/mol. The van der Waals surface area contributed by atoms with Crippen LogP contribution in [0.25, 0.3) is 0 Å². The number of thioether (sulfide) groups is 1. The van der Waals surface area contributed by atoms with Crippen molar-refractivity contribution in [3.63, 3.8) is 0 Å². The Bertz CT molecular complexity index is 1570. The Morgan fingerprint density at radius 1 is 1.15 bits per heavy atom. The normalized spacial score (nSPS) is 31.9. The number of Topliss-reactive ketones (excluding diaryl/α,β-unsaturated/α-hetero) is 1. The summed E-state index contributed by atoms with van der Waals surface area (Å²) in [4.78, 5) is 43.6. The summed E-state index contributed by atoms with van der Waals surface area (Å²) >= 11 is 13.9. The number of ketones is 1. The number of hydrogen-bond donors (Lipinski definition) is 3. The first-order valence-electron chi connectivity index (χ1n) is 18.4. The second-order valence-electron chi connectivity index (χ2n) is 17.7. The molecule has 10 atom stereocenters. The van der Waals surface area contributed by atoms with E-state index in [1.54, 1.807) is 13.8 Å². The third kappa shape index (κ3) is 9.32. The summed E-state index contributed by atoms with van der Waals surface area (Å²) in [5, 5.41) is 15.8. The summed E-state index contributed by atoms with van der Waals surface area (Å²) in [5.41, 5.74) is -0.103. The van der Waals surface area contributed by atoms with Gasteiger partial charge < -0.3 is 29.3 Å². The van der Waals surface area contributed by atoms with Crippen LogP contribution in [0.15, 0.2) is 24.3 Å². The number of nitrogens with one attached hydrogen (secondary N) is 2. The first kappa shape index (κ1) is 43.3. The maximum Gasteiger partial charge on any atom is 0.231 e. The molecule has 2 fully saturated rings. The van der Waals surface area contributed by atoms with E-state index in [4.69, 9.17) is 37.1 Å². The van der Waals surface area contributed by atoms with Crippen LogP contribution in [-0.2, 0) is 28.3 Å². The second kappa shape index (κ2) is 16.0. The first-order chi connectivity index (χ1) is 23.8. The highest BCUT2D eigenvalue weighted by Gasteiger charge is 2.57. The average Bonchev–Trinajstić information content (AvgIpc) is 3.24. The molecule has 1 unspecified atom stereocenters. The number of aromatic nitrogens is 1. The molecule has 4 rings (SSSR count). The van der Waals surface area contributed by atoms with E-state index in [9.17, 15) is 19.5 Å². The predicted octanol–water partition coefficient (Wildman–Crippen LogP) is 9.27. The molecular formula is C39H60Cl2N2O7SSi. The maximum absolute atomic E-state index is 13.9. The number of aliphatic hydroxyl groups is 1. The fraction of sp³-hybridized carbons (Fsp3) is 0.718. The van der Waals surface area contributed by atoms with Crippen LogP contribution in [0.3, 0.4) is 0 Å². The highest BCUT2D eigenvalue weighted by Crippen LogP contribution is 2.49. The smallest absolute Gasteiger partial charge is 0.231 e. The first-order valence-corrected chi connectivity index (χ1v) is 22.9. The standard InChI is InChI=1S/C39H60Cl2N2O7SSi/c1-20-15-17-27(25-16-14-21(2)31(30(20)25)26(44)18-28(45)51-37(6,7)8)49-29-19-39(47,34(24(5)48-29)50-52(12,13)38(9,10)11)22(3)36(46)43-35-33(41)32(40)23(4)42-35/h14,16,21-22,24-25,27,29-31,34,42,47H,1,15,17-19H2,2-13H3,(H,43,46)/t21-,22?,24+,25-,27+,29-,30-,31+,34+,39+/m1/s1. The van der Waals surface area contributed by atoms with Crippen molar-refractivity contribution in [3.8, 4) is 0 Å². The quantitative estimate of drug-likeness (QED) is 0.122. The van der Waals surface area contributed by atoms with Crippen molar-refractivity contribution in [1.29, 1.82) is 0 Å². The molecule has 0 aromatic carbocycles. The van der Waals surface area contributed by atoms with E-state index in [0.717, 1.165) is 5.57 Å². The fourth-order valence-electron chi connectivity index (χ4n) is 7.62. The van der Waals surface area contributed by atoms with Crippen LogP contribution < -0.4 is 5.32 Å². The molecule has 292 valence electrons. The number of rotatable bonds is 10. The fourth-order valence-corrected chi connectivity index (χ4v) is 10.3. The van der Waals surface area contributed by atoms with Gasteiger partial charge in [-0.25, -0.2) is 0 Å². The monoisotopic (exact) mass is 798 g/mol. The number of fused-ring (bicyclic) bond motifs is 1. The number of H-pyrrole nitrogens is 1. The SMILES string of the molecule is C=C1CC[C@H](O[C@@H]2C[C@](O)(C(C)C(=O)Nc3[nH]c(C)c(Cl)c3Cl)[C@@H](O[Si](C)(C)C(C)(C)C)[C@H](C)O2)[C@H]2C=C[C@@H](C)[C@@H](C(=O)CC(=O)SC(C)(C)C)[C@H]12. The summed E-state index contributed by atoms with van der Waals surface area (Å²) in [7, 11) is -2.47. The van der Waals surface area contributed by atoms with E-state index in [0.29, 0.717) is 23.6 Å². The zero-order valence-electron chi connectivity index (χ0n) is 32.9. The lowest BCUT2D eigenvalue weighted by Gasteiger charge is -2.53. The van der Waals surface area contributed by atoms with Crippen LogP contribution in [0.1, 0.15) is 93.7 Å². The number of carbonyl (C=O) groups is 3. The Kier molecular flexibility index (Phi) is 13.3. The molecule has 1 amide bonds. The Balaban J connectivity index is 1.61. The number of aryl methyl sites for hydroxylation is 1. The van der Waals surface area contributed by atoms with Crippen molar-refractivity contribution in [3.05, 3.63) is 40.0 Å². The molecule has 0 spiro atoms. The summed E-state index contributed by atoms with van der Waals surface area (Å²) < 4.78 is 19.9. The Labute approximate surface area is 325 Å². The number of amides is 1. The van der Waals surface area contributed by atoms with Crippen molar-refractivity contribution < 1.29 is 33.4 Å². The van der Waals surface area contributed by atoms with Crippen LogP contribution in [0.5, 0.6) is 0 Å². The van der Waals surface area contributed by atoms with Gasteiger partial charge in [-0.1, -0.05) is 115 Å². The zero-order valence-corrected chi connectivity index (χ0v) is 36.3. The van der Waals surface area contributed by atoms with Gasteiger partial charge in [0.25, 0.3) is 0 Å². The lowest BCUT2D eigenvalue weighted by Crippen LogP contribution is -2.66. The molecule has 1 aromatic heterocycles. The third-order valence-corrected chi connectivity index (χ3v) is 17.9. The van der Waals surface area contributed by atoms with Crippen LogP contribution in [0, 0.1) is 36.5 Å². The number of halogens is 2. The molecule has 52 heavy (non-hydrogen) atoms. The van der Waals surface area contributed by atoms with Crippen molar-refractivity contribution in [2.45, 2.75) is 148 Å². The van der Waals surface area contributed by atoms with E-state index in [1.807, 2.05) is 34.6 Å². The predicted molar refractivity (Wildman–Crippen MR) is 213 cm³/mol. The zero-order chi connectivity index (χ0) is 39.3. The molecule has 1 aromatic rings. The number of allylic oxidation sites excluding steroid dienone is 2. The van der Waals surface area contributed by atoms with Crippen LogP contribution in [0.4, 0.5) is 5.82 Å². The molecule has 2 heterocycles. The second-order valence-corrected chi connectivity index (χ2v) is 25.1. The van der Waals surface area contributed by atoms with Gasteiger partial charge in [-0.05, 0) is 56.7 Å². The van der Waals surface area contributed by atoms with E-state index >= 15 is 0 Å². The van der Waals surface area contributed by atoms with E-state index < -0.39 is 50.2 Å². The summed E-state index contributed by atoms with van der Waals surface area (Å²) in [6.45, 7) is 28.2. The van der Waals surface area contributed by atoms with E-state index in [2.05, 4.69) is 62.9 Å². The Hall–Kier alpha value is -1.44. The van der Waals surface area contributed by atoms with Gasteiger partial charge in [0.15, 0.2) is 19.7 Å². The van der Waals surface area contributed by atoms with Gasteiger partial charge in [-0.3, -0.25) is 14.4 Å². The number of anilines is 1. The molecule has 9 nitrogen and oxygen atoms in total. The van der Waals surface area contributed by atoms with Crippen LogP contribution >= 0.6 is 35.0 Å². The van der Waals surface area contributed by atoms with Gasteiger partial charge in [0, 0.05) is 28.7 Å². The van der Waals surface area contributed by atoms with Crippen molar-refractivity contribution in [2.24, 2.45) is 29.6 Å². The molecule has 0 bridgehead atoms. The largest absolute Gasteiger partial charge is 0.408 e. The number of aromatic amines is 1. The average molecular weight is 800 g/mol. The number of ether oxygens (including phenoxy) is 2. The molecule has 1 saturated heterocycles. The Morgan fingerprint density at radius 3 is 2.35 bits per heavy atom. The van der Waals surface area contributed by atoms with Crippen molar-refractivity contribution in [1.82, 2.24) is 4.98 Å². The minimum Gasteiger partial charge on any atom is -0.408 e. The van der Waals surface area contributed by atoms with Crippen molar-refractivity contribution >= 4 is 65.9 Å². The highest BCUT2D eigenvalue weighted by atomic mass is 35.5. The molecule has 1 aliphatic heterocycles. The Morgan fingerprint density at radius 2 is 1.79 bits per heavy atom. The molecule has 3 N–H and O–H groups in total. The van der Waals surface area contributed by atoms with Gasteiger partial charge in [-0.2, -0.15) is 0 Å². The lowest BCUT2D eigenvalue weighted by atomic mass is 9.61. The molecule has 3 aliphatic rings. The highest BCUT2D eigenvalue weighted by molar-refractivity contribution is 8.14. The van der Waals surface area contributed by atoms with E-state index in [-0.39, 0.29) is 68.2 Å². The van der Waals surface area contributed by atoms with Gasteiger partial charge in [0.05, 0.1) is 29.6 Å². The number of hydrogen-bond acceptors (Lipinski definition) is 8. The van der Waals surface area contributed by atoms with Gasteiger partial charge in [0.2, 0.25) is 5.91 Å². The van der Waals surface area contributed by atoms with E-state index in [1.165, 1.54) is 11.8 Å². The molecule has 2 aliphatic carbocycles. The van der Waals surface area contributed by atoms with Gasteiger partial charge in [-0.15, -0.1) is 0 Å².